The van der Waals surface area contributed by atoms with Crippen molar-refractivity contribution in [2.24, 2.45) is 0 Å². The molecule has 0 aliphatic heterocycles. The van der Waals surface area contributed by atoms with Crippen LogP contribution in [0.25, 0.3) is 0 Å². The van der Waals surface area contributed by atoms with E-state index in [-0.39, 0.29) is 0 Å². The topological polar surface area (TPSA) is 32.3 Å². The van der Waals surface area contributed by atoms with Gasteiger partial charge in [-0.05, 0) is 13.2 Å². The minimum Gasteiger partial charge on any atom is -0.388 e. The van der Waals surface area contributed by atoms with Crippen LogP contribution >= 0.6 is 11.8 Å². The zero-order valence-corrected chi connectivity index (χ0v) is 7.87. The number of aliphatic hydroxyl groups is 1. The van der Waals surface area contributed by atoms with E-state index in [2.05, 4.69) is 11.2 Å². The van der Waals surface area contributed by atoms with Gasteiger partial charge < -0.3 is 10.4 Å². The lowest BCUT2D eigenvalue weighted by atomic mass is 10.1. The molecular weight excluding hydrogens is 158 g/mol. The van der Waals surface area contributed by atoms with Crippen molar-refractivity contribution in [3.63, 3.8) is 0 Å². The molecule has 0 aromatic rings. The van der Waals surface area contributed by atoms with E-state index in [9.17, 15) is 5.11 Å². The third kappa shape index (κ3) is 6.24. The Morgan fingerprint density at radius 3 is 2.82 bits per heavy atom. The Morgan fingerprint density at radius 1 is 1.73 bits per heavy atom. The molecular formula is C8H15NOS. The van der Waals surface area contributed by atoms with Crippen molar-refractivity contribution in [3.05, 3.63) is 0 Å². The molecule has 0 bridgehead atoms. The summed E-state index contributed by atoms with van der Waals surface area (Å²) in [7, 11) is 0. The maximum atomic E-state index is 9.59. The van der Waals surface area contributed by atoms with Gasteiger partial charge in [0, 0.05) is 12.3 Å². The molecule has 0 aliphatic carbocycles. The van der Waals surface area contributed by atoms with E-state index in [1.807, 2.05) is 6.26 Å². The highest BCUT2D eigenvalue weighted by molar-refractivity contribution is 7.98. The molecule has 0 aliphatic rings. The van der Waals surface area contributed by atoms with Gasteiger partial charge in [0.25, 0.3) is 0 Å². The molecule has 1 unspecified atom stereocenters. The van der Waals surface area contributed by atoms with Gasteiger partial charge >= 0.3 is 0 Å². The Bertz CT molecular complexity index is 140. The number of terminal acetylenes is 1. The third-order valence-corrected chi connectivity index (χ3v) is 2.10. The van der Waals surface area contributed by atoms with Crippen molar-refractivity contribution in [1.82, 2.24) is 5.32 Å². The van der Waals surface area contributed by atoms with Gasteiger partial charge in [-0.3, -0.25) is 0 Å². The summed E-state index contributed by atoms with van der Waals surface area (Å²) in [6.45, 7) is 2.87. The average Bonchev–Trinajstić information content (AvgIpc) is 1.87. The highest BCUT2D eigenvalue weighted by atomic mass is 32.2. The molecule has 0 saturated carbocycles. The molecule has 0 aromatic carbocycles. The van der Waals surface area contributed by atoms with E-state index in [0.717, 1.165) is 5.75 Å². The molecule has 0 rings (SSSR count). The van der Waals surface area contributed by atoms with Crippen LogP contribution in [0.3, 0.4) is 0 Å². The molecule has 0 saturated heterocycles. The van der Waals surface area contributed by atoms with Crippen molar-refractivity contribution in [3.8, 4) is 12.3 Å². The lowest BCUT2D eigenvalue weighted by Crippen LogP contribution is -2.40. The van der Waals surface area contributed by atoms with Crippen LogP contribution in [-0.2, 0) is 0 Å². The molecule has 0 radical (unpaired) electrons. The van der Waals surface area contributed by atoms with Gasteiger partial charge in [0.1, 0.15) is 0 Å². The van der Waals surface area contributed by atoms with Gasteiger partial charge in [-0.25, -0.2) is 0 Å². The maximum Gasteiger partial charge on any atom is 0.0833 e. The summed E-state index contributed by atoms with van der Waals surface area (Å²) >= 11 is 1.62. The molecule has 11 heavy (non-hydrogen) atoms. The van der Waals surface area contributed by atoms with Crippen LogP contribution in [0.4, 0.5) is 0 Å². The van der Waals surface area contributed by atoms with Crippen LogP contribution in [0.5, 0.6) is 0 Å². The van der Waals surface area contributed by atoms with E-state index < -0.39 is 5.60 Å². The Morgan fingerprint density at radius 2 is 2.36 bits per heavy atom. The summed E-state index contributed by atoms with van der Waals surface area (Å²) < 4.78 is 0. The van der Waals surface area contributed by atoms with Crippen LogP contribution in [0.15, 0.2) is 0 Å². The van der Waals surface area contributed by atoms with Crippen LogP contribution in [0, 0.1) is 12.3 Å². The number of nitrogens with one attached hydrogen (secondary N) is 1. The summed E-state index contributed by atoms with van der Waals surface area (Å²) in [4.78, 5) is 0. The second kappa shape index (κ2) is 5.48. The first-order chi connectivity index (χ1) is 5.12. The molecule has 0 fully saturated rings. The standard InChI is InChI=1S/C8H15NOS/c1-4-5-9-6-8(2,10)7-11-3/h1,9-10H,5-7H2,2-3H3. The van der Waals surface area contributed by atoms with Gasteiger partial charge in [-0.1, -0.05) is 5.92 Å². The van der Waals surface area contributed by atoms with Gasteiger partial charge in [0.2, 0.25) is 0 Å². The van der Waals surface area contributed by atoms with Crippen molar-refractivity contribution in [2.75, 3.05) is 25.1 Å². The minimum atomic E-state index is -0.643. The highest BCUT2D eigenvalue weighted by Crippen LogP contribution is 2.08. The monoisotopic (exact) mass is 173 g/mol. The predicted octanol–water partition coefficient (Wildman–Crippen LogP) is 0.323. The largest absolute Gasteiger partial charge is 0.388 e. The highest BCUT2D eigenvalue weighted by Gasteiger charge is 2.17. The number of thioether (sulfide) groups is 1. The molecule has 2 N–H and O–H groups in total. The fourth-order valence-electron chi connectivity index (χ4n) is 0.766. The Kier molecular flexibility index (Phi) is 5.39. The Balaban J connectivity index is 3.48. The first-order valence-electron chi connectivity index (χ1n) is 3.48. The zero-order chi connectivity index (χ0) is 8.74. The maximum absolute atomic E-state index is 9.59. The van der Waals surface area contributed by atoms with Gasteiger partial charge in [0.15, 0.2) is 0 Å². The van der Waals surface area contributed by atoms with Crippen molar-refractivity contribution in [2.45, 2.75) is 12.5 Å². The fourth-order valence-corrected chi connectivity index (χ4v) is 1.49. The van der Waals surface area contributed by atoms with Crippen molar-refractivity contribution in [1.29, 1.82) is 0 Å². The van der Waals surface area contributed by atoms with Crippen LogP contribution in [0.1, 0.15) is 6.92 Å². The molecule has 64 valence electrons. The molecule has 0 heterocycles. The van der Waals surface area contributed by atoms with Gasteiger partial charge in [-0.15, -0.1) is 6.42 Å². The van der Waals surface area contributed by atoms with E-state index >= 15 is 0 Å². The number of hydrogen-bond donors (Lipinski definition) is 2. The SMILES string of the molecule is C#CCNCC(C)(O)CSC. The van der Waals surface area contributed by atoms with Crippen molar-refractivity contribution >= 4 is 11.8 Å². The van der Waals surface area contributed by atoms with E-state index in [1.165, 1.54) is 0 Å². The second-order valence-electron chi connectivity index (χ2n) is 2.74. The lowest BCUT2D eigenvalue weighted by Gasteiger charge is -2.21. The summed E-state index contributed by atoms with van der Waals surface area (Å²) in [6.07, 6.45) is 7.00. The van der Waals surface area contributed by atoms with E-state index in [1.54, 1.807) is 18.7 Å². The smallest absolute Gasteiger partial charge is 0.0833 e. The van der Waals surface area contributed by atoms with E-state index in [0.29, 0.717) is 13.1 Å². The van der Waals surface area contributed by atoms with Crippen LogP contribution in [-0.4, -0.2) is 35.8 Å². The fraction of sp³-hybridized carbons (Fsp3) is 0.750. The molecule has 2 nitrogen and oxygen atoms in total. The van der Waals surface area contributed by atoms with E-state index in [4.69, 9.17) is 6.42 Å². The Hall–Kier alpha value is -0.170. The molecule has 0 amide bonds. The zero-order valence-electron chi connectivity index (χ0n) is 7.05. The predicted molar refractivity (Wildman–Crippen MR) is 50.7 cm³/mol. The first-order valence-corrected chi connectivity index (χ1v) is 4.87. The third-order valence-electron chi connectivity index (χ3n) is 1.19. The summed E-state index contributed by atoms with van der Waals surface area (Å²) in [6, 6.07) is 0. The summed E-state index contributed by atoms with van der Waals surface area (Å²) in [5, 5.41) is 12.5. The number of rotatable bonds is 5. The van der Waals surface area contributed by atoms with Crippen LogP contribution < -0.4 is 5.32 Å². The summed E-state index contributed by atoms with van der Waals surface area (Å²) in [5.74, 6) is 3.18. The van der Waals surface area contributed by atoms with Gasteiger partial charge in [0.05, 0.1) is 12.1 Å². The minimum absolute atomic E-state index is 0.518. The average molecular weight is 173 g/mol. The molecule has 0 aromatic heterocycles. The second-order valence-corrected chi connectivity index (χ2v) is 3.60. The van der Waals surface area contributed by atoms with Gasteiger partial charge in [-0.2, -0.15) is 11.8 Å². The molecule has 3 heteroatoms. The Labute approximate surface area is 72.8 Å². The normalized spacial score (nSPS) is 15.5. The molecule has 0 spiro atoms. The quantitative estimate of drug-likeness (QED) is 0.464. The lowest BCUT2D eigenvalue weighted by molar-refractivity contribution is 0.0862. The first kappa shape index (κ1) is 10.8. The number of hydrogen-bond acceptors (Lipinski definition) is 3. The molecule has 1 atom stereocenters. The van der Waals surface area contributed by atoms with Crippen molar-refractivity contribution < 1.29 is 5.11 Å². The van der Waals surface area contributed by atoms with Crippen LogP contribution in [0.2, 0.25) is 0 Å². The summed E-state index contributed by atoms with van der Waals surface area (Å²) in [5.41, 5.74) is -0.643.